The molecule has 1 aliphatic heterocycles. The Morgan fingerprint density at radius 3 is 3.09 bits per heavy atom. The molecular weight excluding hydrogens is 316 g/mol. The third-order valence-electron chi connectivity index (χ3n) is 4.07. The van der Waals surface area contributed by atoms with Gasteiger partial charge in [-0.05, 0) is 37.7 Å². The summed E-state index contributed by atoms with van der Waals surface area (Å²) in [6.45, 7) is 0.748. The minimum atomic E-state index is -0.893. The molecular formula is C15H18N4O3S. The van der Waals surface area contributed by atoms with Crippen LogP contribution in [0.25, 0.3) is 0 Å². The minimum absolute atomic E-state index is 0.125. The molecule has 8 heteroatoms. The largest absolute Gasteiger partial charge is 0.478 e. The van der Waals surface area contributed by atoms with Crippen molar-refractivity contribution in [3.8, 4) is 0 Å². The first-order valence-electron chi connectivity index (χ1n) is 7.46. The molecule has 0 saturated carbocycles. The molecule has 7 nitrogen and oxygen atoms in total. The van der Waals surface area contributed by atoms with Gasteiger partial charge in [-0.3, -0.25) is 9.78 Å². The Morgan fingerprint density at radius 1 is 1.52 bits per heavy atom. The number of aromatic nitrogens is 2. The predicted molar refractivity (Wildman–Crippen MR) is 89.2 cm³/mol. The Kier molecular flexibility index (Phi) is 4.33. The van der Waals surface area contributed by atoms with Gasteiger partial charge in [-0.1, -0.05) is 0 Å². The molecule has 0 aromatic carbocycles. The lowest BCUT2D eigenvalue weighted by molar-refractivity contribution is 0.0697. The molecule has 2 aromatic rings. The van der Waals surface area contributed by atoms with Gasteiger partial charge in [0.25, 0.3) is 5.56 Å². The number of carbonyl (C=O) groups is 1. The van der Waals surface area contributed by atoms with E-state index in [0.717, 1.165) is 30.7 Å². The number of aryl methyl sites for hydroxylation is 1. The highest BCUT2D eigenvalue weighted by Crippen LogP contribution is 2.25. The van der Waals surface area contributed by atoms with E-state index in [1.54, 1.807) is 11.4 Å². The number of anilines is 2. The van der Waals surface area contributed by atoms with Crippen molar-refractivity contribution in [3.05, 3.63) is 37.8 Å². The summed E-state index contributed by atoms with van der Waals surface area (Å²) in [6.07, 6.45) is 3.32. The van der Waals surface area contributed by atoms with Crippen molar-refractivity contribution in [2.75, 3.05) is 17.6 Å². The zero-order chi connectivity index (χ0) is 16.4. The monoisotopic (exact) mass is 334 g/mol. The highest BCUT2D eigenvalue weighted by Gasteiger charge is 2.21. The van der Waals surface area contributed by atoms with Gasteiger partial charge in [-0.15, -0.1) is 11.3 Å². The molecule has 0 fully saturated rings. The summed E-state index contributed by atoms with van der Waals surface area (Å²) in [5.74, 6) is 0.165. The van der Waals surface area contributed by atoms with Crippen molar-refractivity contribution in [1.29, 1.82) is 0 Å². The summed E-state index contributed by atoms with van der Waals surface area (Å²) >= 11 is 1.47. The van der Waals surface area contributed by atoms with Gasteiger partial charge in [0.2, 0.25) is 5.95 Å². The van der Waals surface area contributed by atoms with E-state index in [4.69, 9.17) is 10.8 Å². The first kappa shape index (κ1) is 15.5. The fourth-order valence-corrected chi connectivity index (χ4v) is 3.73. The third-order valence-corrected chi connectivity index (χ3v) is 5.07. The van der Waals surface area contributed by atoms with Crippen LogP contribution in [0.15, 0.2) is 16.2 Å². The zero-order valence-corrected chi connectivity index (χ0v) is 13.3. The van der Waals surface area contributed by atoms with Crippen LogP contribution in [0.3, 0.4) is 0 Å². The van der Waals surface area contributed by atoms with Crippen LogP contribution >= 0.6 is 11.3 Å². The quantitative estimate of drug-likeness (QED) is 0.675. The molecule has 3 rings (SSSR count). The maximum Gasteiger partial charge on any atom is 0.336 e. The first-order chi connectivity index (χ1) is 11.0. The van der Waals surface area contributed by atoms with E-state index in [9.17, 15) is 9.59 Å². The molecule has 122 valence electrons. The van der Waals surface area contributed by atoms with Crippen LogP contribution in [0.2, 0.25) is 0 Å². The lowest BCUT2D eigenvalue weighted by Crippen LogP contribution is -2.19. The van der Waals surface area contributed by atoms with E-state index < -0.39 is 5.97 Å². The van der Waals surface area contributed by atoms with E-state index in [2.05, 4.69) is 15.3 Å². The Morgan fingerprint density at radius 2 is 2.35 bits per heavy atom. The fourth-order valence-electron chi connectivity index (χ4n) is 2.85. The summed E-state index contributed by atoms with van der Waals surface area (Å²) in [7, 11) is 0. The zero-order valence-electron chi connectivity index (χ0n) is 12.5. The van der Waals surface area contributed by atoms with Crippen LogP contribution in [0.4, 0.5) is 11.8 Å². The van der Waals surface area contributed by atoms with Crippen LogP contribution in [0.5, 0.6) is 0 Å². The van der Waals surface area contributed by atoms with Crippen molar-refractivity contribution in [3.63, 3.8) is 0 Å². The lowest BCUT2D eigenvalue weighted by atomic mass is 9.93. The van der Waals surface area contributed by atoms with Crippen LogP contribution in [-0.2, 0) is 12.8 Å². The van der Waals surface area contributed by atoms with E-state index in [0.29, 0.717) is 29.3 Å². The standard InChI is InChI=1S/C15H18N4O3S/c16-15-18-12-11(13(20)19-15)5-8(3-4-17-12)1-2-10-6-9(7-23-10)14(21)22/h6-8H,1-5H2,(H,21,22)(H4,16,17,18,19,20). The van der Waals surface area contributed by atoms with Crippen LogP contribution in [-0.4, -0.2) is 27.6 Å². The van der Waals surface area contributed by atoms with Crippen molar-refractivity contribution in [1.82, 2.24) is 9.97 Å². The number of rotatable bonds is 4. The van der Waals surface area contributed by atoms with Gasteiger partial charge < -0.3 is 16.2 Å². The Hall–Kier alpha value is -2.35. The minimum Gasteiger partial charge on any atom is -0.478 e. The fraction of sp³-hybridized carbons (Fsp3) is 0.400. The van der Waals surface area contributed by atoms with Crippen molar-refractivity contribution in [2.24, 2.45) is 5.92 Å². The van der Waals surface area contributed by atoms with E-state index >= 15 is 0 Å². The second kappa shape index (κ2) is 6.41. The highest BCUT2D eigenvalue weighted by atomic mass is 32.1. The predicted octanol–water partition coefficient (Wildman–Crippen LogP) is 1.72. The van der Waals surface area contributed by atoms with Crippen molar-refractivity contribution < 1.29 is 9.90 Å². The van der Waals surface area contributed by atoms with E-state index in [-0.39, 0.29) is 11.5 Å². The Bertz CT molecular complexity index is 783. The van der Waals surface area contributed by atoms with Gasteiger partial charge in [0, 0.05) is 16.8 Å². The van der Waals surface area contributed by atoms with Crippen LogP contribution in [0.1, 0.15) is 33.6 Å². The van der Waals surface area contributed by atoms with Crippen LogP contribution < -0.4 is 16.6 Å². The summed E-state index contributed by atoms with van der Waals surface area (Å²) < 4.78 is 0. The molecule has 1 unspecified atom stereocenters. The molecule has 3 heterocycles. The maximum atomic E-state index is 12.1. The number of hydrogen-bond donors (Lipinski definition) is 4. The van der Waals surface area contributed by atoms with E-state index in [1.807, 2.05) is 0 Å². The highest BCUT2D eigenvalue weighted by molar-refractivity contribution is 7.10. The van der Waals surface area contributed by atoms with Crippen molar-refractivity contribution in [2.45, 2.75) is 25.7 Å². The number of carboxylic acids is 1. The number of thiophene rings is 1. The smallest absolute Gasteiger partial charge is 0.336 e. The normalized spacial score (nSPS) is 17.1. The second-order valence-corrected chi connectivity index (χ2v) is 6.71. The number of aromatic amines is 1. The number of nitrogen functional groups attached to an aromatic ring is 1. The topological polar surface area (TPSA) is 121 Å². The number of aromatic carboxylic acids is 1. The Labute approximate surface area is 136 Å². The van der Waals surface area contributed by atoms with Gasteiger partial charge in [0.15, 0.2) is 0 Å². The summed E-state index contributed by atoms with van der Waals surface area (Å²) in [6, 6.07) is 1.73. The number of carboxylic acid groups (broad SMARTS) is 1. The number of nitrogens with one attached hydrogen (secondary N) is 2. The number of fused-ring (bicyclic) bond motifs is 1. The van der Waals surface area contributed by atoms with Gasteiger partial charge in [0.05, 0.1) is 11.1 Å². The molecule has 2 aromatic heterocycles. The SMILES string of the molecule is Nc1nc2c(c(=O)[nH]1)CC(CCc1cc(C(=O)O)cs1)CCN2. The summed E-state index contributed by atoms with van der Waals surface area (Å²) in [4.78, 5) is 30.7. The molecule has 5 N–H and O–H groups in total. The number of nitrogens with two attached hydrogens (primary N) is 1. The molecule has 0 saturated heterocycles. The summed E-state index contributed by atoms with van der Waals surface area (Å²) in [5, 5.41) is 13.8. The van der Waals surface area contributed by atoms with Gasteiger partial charge >= 0.3 is 5.97 Å². The number of nitrogens with zero attached hydrogens (tertiary/aromatic N) is 1. The first-order valence-corrected chi connectivity index (χ1v) is 8.34. The van der Waals surface area contributed by atoms with E-state index in [1.165, 1.54) is 11.3 Å². The molecule has 0 amide bonds. The van der Waals surface area contributed by atoms with Crippen LogP contribution in [0, 0.1) is 5.92 Å². The number of H-pyrrole nitrogens is 1. The molecule has 0 aliphatic carbocycles. The maximum absolute atomic E-state index is 12.1. The summed E-state index contributed by atoms with van der Waals surface area (Å²) in [5.41, 5.74) is 6.39. The average Bonchev–Trinajstić information content (AvgIpc) is 2.87. The average molecular weight is 334 g/mol. The molecule has 0 radical (unpaired) electrons. The third kappa shape index (κ3) is 3.53. The van der Waals surface area contributed by atoms with Gasteiger partial charge in [-0.25, -0.2) is 4.79 Å². The molecule has 1 atom stereocenters. The van der Waals surface area contributed by atoms with Gasteiger partial charge in [0.1, 0.15) is 5.82 Å². The molecule has 0 bridgehead atoms. The molecule has 1 aliphatic rings. The molecule has 0 spiro atoms. The second-order valence-electron chi connectivity index (χ2n) is 5.71. The van der Waals surface area contributed by atoms with Crippen molar-refractivity contribution >= 4 is 29.1 Å². The number of hydrogen-bond acceptors (Lipinski definition) is 6. The Balaban J connectivity index is 1.69. The molecule has 23 heavy (non-hydrogen) atoms. The lowest BCUT2D eigenvalue weighted by Gasteiger charge is -2.12. The van der Waals surface area contributed by atoms with Gasteiger partial charge in [-0.2, -0.15) is 4.98 Å².